The van der Waals surface area contributed by atoms with E-state index in [0.29, 0.717) is 6.07 Å². The molecule has 102 valence electrons. The summed E-state index contributed by atoms with van der Waals surface area (Å²) in [6, 6.07) is 2.86. The average molecular weight is 280 g/mol. The van der Waals surface area contributed by atoms with Crippen LogP contribution in [-0.4, -0.2) is 32.1 Å². The van der Waals surface area contributed by atoms with Gasteiger partial charge in [0.15, 0.2) is 23.0 Å². The van der Waals surface area contributed by atoms with E-state index in [4.69, 9.17) is 10.2 Å². The summed E-state index contributed by atoms with van der Waals surface area (Å²) in [6.07, 6.45) is 1.17. The largest absolute Gasteiger partial charge is 0.476 e. The Labute approximate surface area is 110 Å². The summed E-state index contributed by atoms with van der Waals surface area (Å²) in [5.41, 5.74) is -2.34. The Morgan fingerprint density at radius 1 is 1.05 bits per heavy atom. The molecule has 0 saturated carbocycles. The molecule has 0 aliphatic heterocycles. The van der Waals surface area contributed by atoms with E-state index in [0.717, 1.165) is 0 Å². The Morgan fingerprint density at radius 3 is 2.30 bits per heavy atom. The van der Waals surface area contributed by atoms with Gasteiger partial charge in [-0.25, -0.2) is 28.3 Å². The van der Waals surface area contributed by atoms with Crippen molar-refractivity contribution in [3.63, 3.8) is 0 Å². The third-order valence-electron chi connectivity index (χ3n) is 2.40. The van der Waals surface area contributed by atoms with Gasteiger partial charge in [-0.3, -0.25) is 0 Å². The molecule has 6 nitrogen and oxygen atoms in total. The Balaban J connectivity index is 2.73. The third kappa shape index (κ3) is 2.30. The van der Waals surface area contributed by atoms with E-state index in [9.17, 15) is 18.4 Å². The quantitative estimate of drug-likeness (QED) is 0.889. The predicted octanol–water partition coefficient (Wildman–Crippen LogP) is 1.82. The second kappa shape index (κ2) is 5.00. The van der Waals surface area contributed by atoms with Gasteiger partial charge < -0.3 is 10.2 Å². The van der Waals surface area contributed by atoms with Crippen molar-refractivity contribution in [1.29, 1.82) is 0 Å². The molecular formula is C12H6F2N2O4. The van der Waals surface area contributed by atoms with Crippen molar-refractivity contribution >= 4 is 11.9 Å². The standard InChI is InChI=1S/C12H6F2N2O4/c13-6-4-7(14)10(12(19)20)16-8(6)5-2-1-3-15-9(5)11(17)18/h1-4H,(H,17,18)(H,19,20). The number of aromatic carboxylic acids is 2. The molecule has 0 aromatic carbocycles. The number of halogens is 2. The van der Waals surface area contributed by atoms with Crippen LogP contribution in [-0.2, 0) is 0 Å². The summed E-state index contributed by atoms with van der Waals surface area (Å²) in [6.45, 7) is 0. The number of hydrogen-bond donors (Lipinski definition) is 2. The van der Waals surface area contributed by atoms with Crippen LogP contribution >= 0.6 is 0 Å². The SMILES string of the molecule is O=C(O)c1nc(-c2cccnc2C(=O)O)c(F)cc1F. The Bertz CT molecular complexity index is 719. The molecule has 2 N–H and O–H groups in total. The highest BCUT2D eigenvalue weighted by molar-refractivity contribution is 5.94. The minimum Gasteiger partial charge on any atom is -0.476 e. The second-order valence-corrected chi connectivity index (χ2v) is 3.66. The van der Waals surface area contributed by atoms with Crippen LogP contribution in [0.4, 0.5) is 8.78 Å². The number of carboxylic acid groups (broad SMARTS) is 2. The van der Waals surface area contributed by atoms with Gasteiger partial charge >= 0.3 is 11.9 Å². The monoisotopic (exact) mass is 280 g/mol. The van der Waals surface area contributed by atoms with Gasteiger partial charge in [0.25, 0.3) is 0 Å². The summed E-state index contributed by atoms with van der Waals surface area (Å²) < 4.78 is 26.9. The van der Waals surface area contributed by atoms with Gasteiger partial charge in [-0.05, 0) is 12.1 Å². The van der Waals surface area contributed by atoms with Crippen LogP contribution in [0.1, 0.15) is 21.0 Å². The first-order chi connectivity index (χ1) is 9.41. The molecule has 0 fully saturated rings. The van der Waals surface area contributed by atoms with Crippen LogP contribution in [0.3, 0.4) is 0 Å². The van der Waals surface area contributed by atoms with Crippen molar-refractivity contribution in [3.05, 3.63) is 47.4 Å². The van der Waals surface area contributed by atoms with Gasteiger partial charge in [-0.2, -0.15) is 0 Å². The highest BCUT2D eigenvalue weighted by Crippen LogP contribution is 2.25. The lowest BCUT2D eigenvalue weighted by Gasteiger charge is -2.07. The fraction of sp³-hybridized carbons (Fsp3) is 0. The Morgan fingerprint density at radius 2 is 1.70 bits per heavy atom. The van der Waals surface area contributed by atoms with Crippen LogP contribution in [0.15, 0.2) is 24.4 Å². The van der Waals surface area contributed by atoms with E-state index in [-0.39, 0.29) is 5.56 Å². The minimum atomic E-state index is -1.69. The van der Waals surface area contributed by atoms with Crippen LogP contribution in [0.25, 0.3) is 11.3 Å². The smallest absolute Gasteiger partial charge is 0.357 e. The molecule has 0 aliphatic rings. The number of hydrogen-bond acceptors (Lipinski definition) is 4. The van der Waals surface area contributed by atoms with Crippen molar-refractivity contribution in [3.8, 4) is 11.3 Å². The highest BCUT2D eigenvalue weighted by Gasteiger charge is 2.22. The first-order valence-corrected chi connectivity index (χ1v) is 5.20. The maximum absolute atomic E-state index is 13.7. The van der Waals surface area contributed by atoms with E-state index in [2.05, 4.69) is 9.97 Å². The summed E-state index contributed by atoms with van der Waals surface area (Å²) in [5.74, 6) is -5.66. The molecule has 0 spiro atoms. The normalized spacial score (nSPS) is 10.3. The number of rotatable bonds is 3. The topological polar surface area (TPSA) is 100 Å². The lowest BCUT2D eigenvalue weighted by molar-refractivity contribution is 0.0678. The highest BCUT2D eigenvalue weighted by atomic mass is 19.1. The lowest BCUT2D eigenvalue weighted by Crippen LogP contribution is -2.09. The lowest BCUT2D eigenvalue weighted by atomic mass is 10.1. The molecule has 0 saturated heterocycles. The summed E-state index contributed by atoms with van der Waals surface area (Å²) in [5, 5.41) is 17.7. The molecule has 0 atom stereocenters. The zero-order valence-electron chi connectivity index (χ0n) is 9.67. The Kier molecular flexibility index (Phi) is 3.38. The number of nitrogens with zero attached hydrogens (tertiary/aromatic N) is 2. The zero-order valence-corrected chi connectivity index (χ0v) is 9.67. The minimum absolute atomic E-state index is 0.236. The van der Waals surface area contributed by atoms with Gasteiger partial charge in [-0.1, -0.05) is 0 Å². The molecule has 8 heteroatoms. The van der Waals surface area contributed by atoms with Crippen LogP contribution < -0.4 is 0 Å². The maximum Gasteiger partial charge on any atom is 0.357 e. The molecule has 0 radical (unpaired) electrons. The van der Waals surface area contributed by atoms with E-state index >= 15 is 0 Å². The number of carbonyl (C=O) groups is 2. The maximum atomic E-state index is 13.7. The predicted molar refractivity (Wildman–Crippen MR) is 61.3 cm³/mol. The molecule has 0 aliphatic carbocycles. The van der Waals surface area contributed by atoms with Gasteiger partial charge in [0.2, 0.25) is 0 Å². The number of aromatic nitrogens is 2. The van der Waals surface area contributed by atoms with Crippen molar-refractivity contribution in [2.24, 2.45) is 0 Å². The van der Waals surface area contributed by atoms with Crippen LogP contribution in [0.5, 0.6) is 0 Å². The molecule has 2 heterocycles. The summed E-state index contributed by atoms with van der Waals surface area (Å²) in [7, 11) is 0. The van der Waals surface area contributed by atoms with Gasteiger partial charge in [0, 0.05) is 17.8 Å². The van der Waals surface area contributed by atoms with E-state index in [1.54, 1.807) is 0 Å². The molecule has 0 amide bonds. The van der Waals surface area contributed by atoms with Crippen molar-refractivity contribution in [1.82, 2.24) is 9.97 Å². The zero-order chi connectivity index (χ0) is 14.9. The Hall–Kier alpha value is -2.90. The third-order valence-corrected chi connectivity index (χ3v) is 2.40. The number of pyridine rings is 2. The van der Waals surface area contributed by atoms with Crippen molar-refractivity contribution < 1.29 is 28.6 Å². The second-order valence-electron chi connectivity index (χ2n) is 3.66. The first kappa shape index (κ1) is 13.5. The van der Waals surface area contributed by atoms with E-state index in [1.165, 1.54) is 18.3 Å². The molecule has 2 aromatic heterocycles. The van der Waals surface area contributed by atoms with E-state index in [1.807, 2.05) is 0 Å². The molecule has 2 rings (SSSR count). The summed E-state index contributed by atoms with van der Waals surface area (Å²) >= 11 is 0. The molecule has 2 aromatic rings. The fourth-order valence-corrected chi connectivity index (χ4v) is 1.57. The van der Waals surface area contributed by atoms with Gasteiger partial charge in [0.1, 0.15) is 5.69 Å². The van der Waals surface area contributed by atoms with Crippen LogP contribution in [0.2, 0.25) is 0 Å². The van der Waals surface area contributed by atoms with Gasteiger partial charge in [0.05, 0.1) is 0 Å². The molecule has 0 unspecified atom stereocenters. The molecule has 0 bridgehead atoms. The fourth-order valence-electron chi connectivity index (χ4n) is 1.57. The van der Waals surface area contributed by atoms with E-state index < -0.39 is 40.7 Å². The molecule has 20 heavy (non-hydrogen) atoms. The first-order valence-electron chi connectivity index (χ1n) is 5.20. The molecular weight excluding hydrogens is 274 g/mol. The van der Waals surface area contributed by atoms with Gasteiger partial charge in [-0.15, -0.1) is 0 Å². The van der Waals surface area contributed by atoms with Crippen molar-refractivity contribution in [2.45, 2.75) is 0 Å². The van der Waals surface area contributed by atoms with Crippen molar-refractivity contribution in [2.75, 3.05) is 0 Å². The average Bonchev–Trinajstić information content (AvgIpc) is 2.38. The van der Waals surface area contributed by atoms with Crippen LogP contribution in [0, 0.1) is 11.6 Å². The number of carboxylic acids is 2. The summed E-state index contributed by atoms with van der Waals surface area (Å²) in [4.78, 5) is 28.6.